The third kappa shape index (κ3) is 3.87. The summed E-state index contributed by atoms with van der Waals surface area (Å²) >= 11 is 1.30. The van der Waals surface area contributed by atoms with E-state index in [-0.39, 0.29) is 11.3 Å². The van der Waals surface area contributed by atoms with Crippen molar-refractivity contribution in [3.63, 3.8) is 0 Å². The van der Waals surface area contributed by atoms with Gasteiger partial charge in [-0.2, -0.15) is 0 Å². The van der Waals surface area contributed by atoms with Crippen LogP contribution in [-0.4, -0.2) is 34.9 Å². The Kier molecular flexibility index (Phi) is 5.93. The van der Waals surface area contributed by atoms with Gasteiger partial charge in [0.1, 0.15) is 5.76 Å². The number of ketones is 1. The van der Waals surface area contributed by atoms with Crippen molar-refractivity contribution in [3.8, 4) is 0 Å². The minimum Gasteiger partial charge on any atom is -0.503 e. The number of aliphatic hydroxyl groups is 1. The molecule has 0 saturated heterocycles. The highest BCUT2D eigenvalue weighted by Crippen LogP contribution is 2.44. The number of ether oxygens (including phenoxy) is 1. The van der Waals surface area contributed by atoms with Gasteiger partial charge in [0.15, 0.2) is 16.7 Å². The van der Waals surface area contributed by atoms with Crippen molar-refractivity contribution < 1.29 is 28.6 Å². The number of aliphatic hydroxyl groups excluding tert-OH is 1. The van der Waals surface area contributed by atoms with Crippen LogP contribution >= 0.6 is 11.3 Å². The molecule has 2 aromatic heterocycles. The van der Waals surface area contributed by atoms with Gasteiger partial charge in [-0.15, -0.1) is 0 Å². The Hall–Kier alpha value is -4.24. The Morgan fingerprint density at radius 3 is 2.53 bits per heavy atom. The maximum Gasteiger partial charge on any atom is 0.337 e. The highest BCUT2D eigenvalue weighted by molar-refractivity contribution is 7.22. The summed E-state index contributed by atoms with van der Waals surface area (Å²) < 4.78 is 11.2. The molecular formula is C27H22N2O6S. The van der Waals surface area contributed by atoms with E-state index in [1.165, 1.54) is 29.4 Å². The highest BCUT2D eigenvalue weighted by atomic mass is 32.1. The third-order valence-corrected chi connectivity index (χ3v) is 7.14. The fourth-order valence-electron chi connectivity index (χ4n) is 4.24. The first-order chi connectivity index (χ1) is 17.3. The normalized spacial score (nSPS) is 15.7. The zero-order valence-corrected chi connectivity index (χ0v) is 20.6. The van der Waals surface area contributed by atoms with Crippen LogP contribution in [0.25, 0.3) is 10.2 Å². The van der Waals surface area contributed by atoms with Crippen LogP contribution in [0.3, 0.4) is 0 Å². The molecule has 0 spiro atoms. The standard InChI is InChI=1S/C27H22N2O6S/c1-4-15-6-11-18-20(13-15)36-27(28-18)29-22(16-7-9-17(10-8-16)26(33)34-3)21(24(31)25(29)32)23(30)19-12-5-14(2)35-19/h5-13,22,31H,4H2,1-3H3/t22-/m0/s1. The molecule has 0 saturated carbocycles. The van der Waals surface area contributed by atoms with Crippen LogP contribution < -0.4 is 4.90 Å². The summed E-state index contributed by atoms with van der Waals surface area (Å²) in [4.78, 5) is 44.8. The van der Waals surface area contributed by atoms with Gasteiger partial charge >= 0.3 is 5.97 Å². The van der Waals surface area contributed by atoms with E-state index < -0.39 is 29.5 Å². The Labute approximate surface area is 210 Å². The summed E-state index contributed by atoms with van der Waals surface area (Å²) in [6.07, 6.45) is 0.852. The van der Waals surface area contributed by atoms with E-state index in [2.05, 4.69) is 11.9 Å². The minimum atomic E-state index is -0.978. The quantitative estimate of drug-likeness (QED) is 0.280. The molecule has 1 atom stereocenters. The number of amides is 1. The predicted octanol–water partition coefficient (Wildman–Crippen LogP) is 5.33. The second-order valence-corrected chi connectivity index (χ2v) is 9.35. The van der Waals surface area contributed by atoms with Crippen LogP contribution in [0.5, 0.6) is 0 Å². The molecule has 9 heteroatoms. The Morgan fingerprint density at radius 1 is 1.14 bits per heavy atom. The second-order valence-electron chi connectivity index (χ2n) is 8.35. The van der Waals surface area contributed by atoms with Gasteiger partial charge < -0.3 is 14.3 Å². The molecule has 0 unspecified atom stereocenters. The van der Waals surface area contributed by atoms with Crippen molar-refractivity contribution in [2.75, 3.05) is 12.0 Å². The average Bonchev–Trinajstić information content (AvgIpc) is 3.58. The van der Waals surface area contributed by atoms with E-state index in [1.807, 2.05) is 18.2 Å². The Morgan fingerprint density at radius 2 is 1.89 bits per heavy atom. The van der Waals surface area contributed by atoms with Crippen LogP contribution in [0.2, 0.25) is 0 Å². The van der Waals surface area contributed by atoms with Gasteiger partial charge in [0.25, 0.3) is 5.91 Å². The van der Waals surface area contributed by atoms with Gasteiger partial charge in [0, 0.05) is 0 Å². The van der Waals surface area contributed by atoms with Gasteiger partial charge in [0.05, 0.1) is 34.5 Å². The zero-order valence-electron chi connectivity index (χ0n) is 19.8. The number of methoxy groups -OCH3 is 1. The smallest absolute Gasteiger partial charge is 0.337 e. The summed E-state index contributed by atoms with van der Waals surface area (Å²) in [5.41, 5.74) is 2.55. The van der Waals surface area contributed by atoms with Crippen LogP contribution in [0.1, 0.15) is 50.8 Å². The molecule has 4 aromatic rings. The monoisotopic (exact) mass is 502 g/mol. The number of furan rings is 1. The summed E-state index contributed by atoms with van der Waals surface area (Å²) in [6.45, 7) is 3.75. The van der Waals surface area contributed by atoms with Gasteiger partial charge in [-0.05, 0) is 60.9 Å². The van der Waals surface area contributed by atoms with E-state index in [1.54, 1.807) is 37.3 Å². The molecule has 3 heterocycles. The van der Waals surface area contributed by atoms with Crippen molar-refractivity contribution in [3.05, 3.63) is 94.1 Å². The lowest BCUT2D eigenvalue weighted by molar-refractivity contribution is -0.117. The largest absolute Gasteiger partial charge is 0.503 e. The lowest BCUT2D eigenvalue weighted by Gasteiger charge is -2.24. The summed E-state index contributed by atoms with van der Waals surface area (Å²) in [7, 11) is 1.29. The Balaban J connectivity index is 1.65. The number of anilines is 1. The first-order valence-electron chi connectivity index (χ1n) is 11.3. The SMILES string of the molecule is CCc1ccc2nc(N3C(=O)C(O)=C(C(=O)c4ccc(C)o4)[C@@H]3c3ccc(C(=O)OC)cc3)sc2c1. The number of rotatable bonds is 6. The molecule has 182 valence electrons. The number of carbonyl (C=O) groups excluding carboxylic acids is 3. The number of nitrogens with zero attached hydrogens (tertiary/aromatic N) is 2. The van der Waals surface area contributed by atoms with Crippen molar-refractivity contribution >= 4 is 44.3 Å². The van der Waals surface area contributed by atoms with Gasteiger partial charge in [-0.1, -0.05) is 36.5 Å². The van der Waals surface area contributed by atoms with Crippen LogP contribution in [0.15, 0.2) is 70.3 Å². The highest BCUT2D eigenvalue weighted by Gasteiger charge is 2.46. The van der Waals surface area contributed by atoms with Crippen LogP contribution in [0, 0.1) is 6.92 Å². The van der Waals surface area contributed by atoms with E-state index in [4.69, 9.17) is 9.15 Å². The predicted molar refractivity (Wildman–Crippen MR) is 134 cm³/mol. The summed E-state index contributed by atoms with van der Waals surface area (Å²) in [6, 6.07) is 14.4. The first kappa shape index (κ1) is 23.5. The lowest BCUT2D eigenvalue weighted by atomic mass is 9.94. The molecule has 36 heavy (non-hydrogen) atoms. The van der Waals surface area contributed by atoms with Crippen molar-refractivity contribution in [1.82, 2.24) is 4.98 Å². The van der Waals surface area contributed by atoms with E-state index in [0.29, 0.717) is 27.5 Å². The molecule has 1 aliphatic heterocycles. The van der Waals surface area contributed by atoms with Gasteiger partial charge in [-0.25, -0.2) is 9.78 Å². The molecule has 0 bridgehead atoms. The van der Waals surface area contributed by atoms with E-state index in [9.17, 15) is 19.5 Å². The lowest BCUT2D eigenvalue weighted by Crippen LogP contribution is -2.31. The fraction of sp³-hybridized carbons (Fsp3) is 0.185. The number of benzene rings is 2. The minimum absolute atomic E-state index is 0.0109. The molecule has 0 aliphatic carbocycles. The number of aromatic nitrogens is 1. The van der Waals surface area contributed by atoms with Crippen molar-refractivity contribution in [2.45, 2.75) is 26.3 Å². The van der Waals surface area contributed by atoms with E-state index in [0.717, 1.165) is 16.7 Å². The zero-order chi connectivity index (χ0) is 25.6. The maximum atomic E-state index is 13.5. The second kappa shape index (κ2) is 9.09. The number of thiazole rings is 1. The number of carbonyl (C=O) groups is 3. The van der Waals surface area contributed by atoms with Gasteiger partial charge in [-0.3, -0.25) is 14.5 Å². The number of hydrogen-bond donors (Lipinski definition) is 1. The summed E-state index contributed by atoms with van der Waals surface area (Å²) in [5, 5.41) is 11.3. The molecule has 1 amide bonds. The summed E-state index contributed by atoms with van der Waals surface area (Å²) in [5.74, 6) is -1.98. The number of esters is 1. The topological polar surface area (TPSA) is 110 Å². The molecular weight excluding hydrogens is 480 g/mol. The first-order valence-corrected chi connectivity index (χ1v) is 12.1. The molecule has 8 nitrogen and oxygen atoms in total. The van der Waals surface area contributed by atoms with Crippen LogP contribution in [0.4, 0.5) is 5.13 Å². The maximum absolute atomic E-state index is 13.5. The number of aryl methyl sites for hydroxylation is 2. The number of hydrogen-bond acceptors (Lipinski definition) is 8. The van der Waals surface area contributed by atoms with Crippen LogP contribution in [-0.2, 0) is 16.0 Å². The molecule has 5 rings (SSSR count). The van der Waals surface area contributed by atoms with Crippen molar-refractivity contribution in [2.24, 2.45) is 0 Å². The number of Topliss-reactive ketones (excluding diaryl/α,β-unsaturated/α-hetero) is 1. The van der Waals surface area contributed by atoms with E-state index >= 15 is 0 Å². The van der Waals surface area contributed by atoms with Gasteiger partial charge in [0.2, 0.25) is 5.78 Å². The molecule has 1 N–H and O–H groups in total. The molecule has 0 radical (unpaired) electrons. The molecule has 2 aromatic carbocycles. The molecule has 0 fully saturated rings. The third-order valence-electron chi connectivity index (χ3n) is 6.12. The fourth-order valence-corrected chi connectivity index (χ4v) is 5.29. The van der Waals surface area contributed by atoms with Crippen molar-refractivity contribution in [1.29, 1.82) is 0 Å². The molecule has 1 aliphatic rings. The average molecular weight is 503 g/mol. The number of fused-ring (bicyclic) bond motifs is 1. The Bertz CT molecular complexity index is 1550.